The second kappa shape index (κ2) is 5.40. The number of carboxylic acids is 2. The Labute approximate surface area is 110 Å². The number of hydrogen-bond donors (Lipinski definition) is 2. The van der Waals surface area contributed by atoms with Gasteiger partial charge in [-0.2, -0.15) is 0 Å². The van der Waals surface area contributed by atoms with Gasteiger partial charge >= 0.3 is 11.9 Å². The van der Waals surface area contributed by atoms with Gasteiger partial charge in [-0.1, -0.05) is 30.3 Å². The van der Waals surface area contributed by atoms with Gasteiger partial charge in [-0.05, 0) is 18.4 Å². The Morgan fingerprint density at radius 3 is 2.32 bits per heavy atom. The molecule has 0 unspecified atom stereocenters. The lowest BCUT2D eigenvalue weighted by Crippen LogP contribution is -2.30. The molecule has 0 amide bonds. The Bertz CT molecular complexity index is 464. The van der Waals surface area contributed by atoms with Crippen molar-refractivity contribution in [1.29, 1.82) is 0 Å². The SMILES string of the molecule is O=C(O)[C@H](CC1(C(=O)O)CC1)OCc1ccccc1. The zero-order chi connectivity index (χ0) is 13.9. The topological polar surface area (TPSA) is 83.8 Å². The average molecular weight is 264 g/mol. The summed E-state index contributed by atoms with van der Waals surface area (Å²) in [5.74, 6) is -2.04. The fraction of sp³-hybridized carbons (Fsp3) is 0.429. The predicted molar refractivity (Wildman–Crippen MR) is 66.6 cm³/mol. The van der Waals surface area contributed by atoms with Crippen LogP contribution in [0.2, 0.25) is 0 Å². The third-order valence-electron chi connectivity index (χ3n) is 3.45. The largest absolute Gasteiger partial charge is 0.481 e. The molecule has 5 nitrogen and oxygen atoms in total. The van der Waals surface area contributed by atoms with Gasteiger partial charge in [-0.3, -0.25) is 4.79 Å². The number of carboxylic acid groups (broad SMARTS) is 2. The molecule has 0 aliphatic heterocycles. The minimum atomic E-state index is -1.11. The highest BCUT2D eigenvalue weighted by Gasteiger charge is 2.52. The molecule has 102 valence electrons. The van der Waals surface area contributed by atoms with Crippen LogP contribution >= 0.6 is 0 Å². The molecule has 0 saturated heterocycles. The Hall–Kier alpha value is -1.88. The number of aliphatic carboxylic acids is 2. The van der Waals surface area contributed by atoms with Crippen molar-refractivity contribution in [3.8, 4) is 0 Å². The molecule has 1 fully saturated rings. The van der Waals surface area contributed by atoms with Crippen LogP contribution in [0.15, 0.2) is 30.3 Å². The summed E-state index contributed by atoms with van der Waals surface area (Å²) < 4.78 is 5.35. The summed E-state index contributed by atoms with van der Waals surface area (Å²) >= 11 is 0. The summed E-state index contributed by atoms with van der Waals surface area (Å²) in [6, 6.07) is 9.22. The molecule has 0 heterocycles. The fourth-order valence-corrected chi connectivity index (χ4v) is 2.00. The van der Waals surface area contributed by atoms with E-state index in [-0.39, 0.29) is 13.0 Å². The number of ether oxygens (including phenoxy) is 1. The van der Waals surface area contributed by atoms with E-state index in [0.717, 1.165) is 5.56 Å². The molecule has 1 aliphatic carbocycles. The summed E-state index contributed by atoms with van der Waals surface area (Å²) in [5, 5.41) is 18.2. The van der Waals surface area contributed by atoms with Gasteiger partial charge in [-0.15, -0.1) is 0 Å². The molecule has 0 spiro atoms. The van der Waals surface area contributed by atoms with Gasteiger partial charge in [0.1, 0.15) is 0 Å². The van der Waals surface area contributed by atoms with Crippen LogP contribution in [-0.2, 0) is 20.9 Å². The van der Waals surface area contributed by atoms with E-state index in [9.17, 15) is 9.59 Å². The molecular formula is C14H16O5. The van der Waals surface area contributed by atoms with Gasteiger partial charge in [-0.25, -0.2) is 4.79 Å². The molecule has 1 saturated carbocycles. The van der Waals surface area contributed by atoms with E-state index in [2.05, 4.69) is 0 Å². The minimum absolute atomic E-state index is 0.0322. The van der Waals surface area contributed by atoms with Crippen LogP contribution in [0.1, 0.15) is 24.8 Å². The highest BCUT2D eigenvalue weighted by molar-refractivity contribution is 5.80. The normalized spacial score (nSPS) is 17.7. The lowest BCUT2D eigenvalue weighted by Gasteiger charge is -2.17. The average Bonchev–Trinajstić information content (AvgIpc) is 3.16. The van der Waals surface area contributed by atoms with Crippen LogP contribution in [0.3, 0.4) is 0 Å². The van der Waals surface area contributed by atoms with Crippen LogP contribution in [-0.4, -0.2) is 28.3 Å². The standard InChI is InChI=1S/C14H16O5/c15-12(16)11(8-14(6-7-14)13(17)18)19-9-10-4-2-1-3-5-10/h1-5,11H,6-9H2,(H,15,16)(H,17,18)/t11-/m0/s1. The van der Waals surface area contributed by atoms with E-state index in [1.165, 1.54) is 0 Å². The first kappa shape index (κ1) is 13.5. The van der Waals surface area contributed by atoms with Crippen LogP contribution in [0.25, 0.3) is 0 Å². The molecule has 0 aromatic heterocycles. The van der Waals surface area contributed by atoms with Crippen molar-refractivity contribution in [3.63, 3.8) is 0 Å². The van der Waals surface area contributed by atoms with Crippen LogP contribution in [0.4, 0.5) is 0 Å². The molecule has 5 heteroatoms. The maximum Gasteiger partial charge on any atom is 0.332 e. The van der Waals surface area contributed by atoms with Gasteiger partial charge in [0.25, 0.3) is 0 Å². The summed E-state index contributed by atoms with van der Waals surface area (Å²) in [6.45, 7) is 0.174. The second-order valence-electron chi connectivity index (χ2n) is 4.91. The van der Waals surface area contributed by atoms with Crippen molar-refractivity contribution in [1.82, 2.24) is 0 Å². The Balaban J connectivity index is 1.94. The highest BCUT2D eigenvalue weighted by atomic mass is 16.5. The van der Waals surface area contributed by atoms with Gasteiger partial charge in [0.05, 0.1) is 12.0 Å². The molecule has 1 aromatic rings. The monoisotopic (exact) mass is 264 g/mol. The van der Waals surface area contributed by atoms with Gasteiger partial charge in [0.2, 0.25) is 0 Å². The summed E-state index contributed by atoms with van der Waals surface area (Å²) in [5.41, 5.74) is -0.0198. The molecular weight excluding hydrogens is 248 g/mol. The summed E-state index contributed by atoms with van der Waals surface area (Å²) in [4.78, 5) is 22.2. The predicted octanol–water partition coefficient (Wildman–Crippen LogP) is 1.91. The van der Waals surface area contributed by atoms with Crippen LogP contribution < -0.4 is 0 Å². The van der Waals surface area contributed by atoms with E-state index in [1.807, 2.05) is 30.3 Å². The minimum Gasteiger partial charge on any atom is -0.481 e. The Morgan fingerprint density at radius 2 is 1.84 bits per heavy atom. The molecule has 0 bridgehead atoms. The van der Waals surface area contributed by atoms with E-state index in [4.69, 9.17) is 14.9 Å². The summed E-state index contributed by atoms with van der Waals surface area (Å²) in [7, 11) is 0. The zero-order valence-corrected chi connectivity index (χ0v) is 10.4. The molecule has 2 N–H and O–H groups in total. The van der Waals surface area contributed by atoms with Crippen molar-refractivity contribution in [2.45, 2.75) is 32.0 Å². The Morgan fingerprint density at radius 1 is 1.21 bits per heavy atom. The third kappa shape index (κ3) is 3.32. The quantitative estimate of drug-likeness (QED) is 0.786. The van der Waals surface area contributed by atoms with Crippen molar-refractivity contribution < 1.29 is 24.5 Å². The summed E-state index contributed by atoms with van der Waals surface area (Å²) in [6.07, 6.45) is 0.0189. The van der Waals surface area contributed by atoms with Gasteiger partial charge < -0.3 is 14.9 Å². The smallest absolute Gasteiger partial charge is 0.332 e. The maximum atomic E-state index is 11.1. The Kier molecular flexibility index (Phi) is 3.85. The fourth-order valence-electron chi connectivity index (χ4n) is 2.00. The van der Waals surface area contributed by atoms with Crippen molar-refractivity contribution in [2.75, 3.05) is 0 Å². The number of benzene rings is 1. The van der Waals surface area contributed by atoms with Gasteiger partial charge in [0.15, 0.2) is 6.10 Å². The molecule has 19 heavy (non-hydrogen) atoms. The van der Waals surface area contributed by atoms with Crippen molar-refractivity contribution in [3.05, 3.63) is 35.9 Å². The van der Waals surface area contributed by atoms with Crippen molar-refractivity contribution in [2.24, 2.45) is 5.41 Å². The molecule has 1 aliphatic rings. The van der Waals surface area contributed by atoms with E-state index < -0.39 is 23.5 Å². The molecule has 1 atom stereocenters. The zero-order valence-electron chi connectivity index (χ0n) is 10.4. The van der Waals surface area contributed by atoms with E-state index >= 15 is 0 Å². The molecule has 1 aromatic carbocycles. The van der Waals surface area contributed by atoms with Crippen LogP contribution in [0, 0.1) is 5.41 Å². The molecule has 0 radical (unpaired) electrons. The molecule has 2 rings (SSSR count). The number of carbonyl (C=O) groups is 2. The first-order valence-corrected chi connectivity index (χ1v) is 6.15. The van der Waals surface area contributed by atoms with E-state index in [1.54, 1.807) is 0 Å². The first-order chi connectivity index (χ1) is 9.03. The maximum absolute atomic E-state index is 11.1. The van der Waals surface area contributed by atoms with E-state index in [0.29, 0.717) is 12.8 Å². The lowest BCUT2D eigenvalue weighted by atomic mass is 9.98. The van der Waals surface area contributed by atoms with Crippen LogP contribution in [0.5, 0.6) is 0 Å². The third-order valence-corrected chi connectivity index (χ3v) is 3.45. The van der Waals surface area contributed by atoms with Crippen molar-refractivity contribution >= 4 is 11.9 Å². The second-order valence-corrected chi connectivity index (χ2v) is 4.91. The lowest BCUT2D eigenvalue weighted by molar-refractivity contribution is -0.155. The number of hydrogen-bond acceptors (Lipinski definition) is 3. The highest BCUT2D eigenvalue weighted by Crippen LogP contribution is 2.50. The van der Waals surface area contributed by atoms with Gasteiger partial charge in [0, 0.05) is 6.42 Å². The number of rotatable bonds is 7. The first-order valence-electron chi connectivity index (χ1n) is 6.15.